The molecule has 0 spiro atoms. The fourth-order valence-corrected chi connectivity index (χ4v) is 3.35. The zero-order chi connectivity index (χ0) is 12.2. The van der Waals surface area contributed by atoms with Crippen molar-refractivity contribution in [3.63, 3.8) is 0 Å². The minimum Gasteiger partial charge on any atom is -0.371 e. The third-order valence-corrected chi connectivity index (χ3v) is 4.41. The Bertz CT molecular complexity index is 382. The minimum atomic E-state index is 0.896. The van der Waals surface area contributed by atoms with Gasteiger partial charge in [0.25, 0.3) is 0 Å². The van der Waals surface area contributed by atoms with E-state index in [1.54, 1.807) is 5.56 Å². The highest BCUT2D eigenvalue weighted by molar-refractivity contribution is 5.55. The SMILES string of the molecule is c1ccc2c(c1)CCCN2CC[C@@H]1CCCNC1. The maximum Gasteiger partial charge on any atom is 0.0398 e. The Hall–Kier alpha value is -1.02. The van der Waals surface area contributed by atoms with Crippen LogP contribution >= 0.6 is 0 Å². The van der Waals surface area contributed by atoms with Crippen molar-refractivity contribution in [2.45, 2.75) is 32.1 Å². The molecule has 0 aliphatic carbocycles. The summed E-state index contributed by atoms with van der Waals surface area (Å²) in [6.45, 7) is 4.94. The number of benzene rings is 1. The molecule has 2 nitrogen and oxygen atoms in total. The minimum absolute atomic E-state index is 0.896. The highest BCUT2D eigenvalue weighted by atomic mass is 15.1. The third kappa shape index (κ3) is 2.69. The average molecular weight is 244 g/mol. The van der Waals surface area contributed by atoms with E-state index in [1.165, 1.54) is 64.0 Å². The molecule has 1 atom stereocenters. The summed E-state index contributed by atoms with van der Waals surface area (Å²) in [5.41, 5.74) is 3.04. The van der Waals surface area contributed by atoms with Crippen LogP contribution in [0, 0.1) is 5.92 Å². The van der Waals surface area contributed by atoms with E-state index in [1.807, 2.05) is 0 Å². The van der Waals surface area contributed by atoms with Gasteiger partial charge in [0.05, 0.1) is 0 Å². The molecule has 2 aliphatic heterocycles. The second-order valence-corrected chi connectivity index (χ2v) is 5.72. The number of rotatable bonds is 3. The van der Waals surface area contributed by atoms with Gasteiger partial charge in [-0.15, -0.1) is 0 Å². The van der Waals surface area contributed by atoms with E-state index in [9.17, 15) is 0 Å². The van der Waals surface area contributed by atoms with Gasteiger partial charge in [-0.25, -0.2) is 0 Å². The van der Waals surface area contributed by atoms with Crippen LogP contribution in [0.4, 0.5) is 5.69 Å². The van der Waals surface area contributed by atoms with Gasteiger partial charge < -0.3 is 10.2 Å². The Morgan fingerprint density at radius 2 is 2.17 bits per heavy atom. The van der Waals surface area contributed by atoms with E-state index in [2.05, 4.69) is 34.5 Å². The van der Waals surface area contributed by atoms with E-state index in [-0.39, 0.29) is 0 Å². The zero-order valence-corrected chi connectivity index (χ0v) is 11.2. The van der Waals surface area contributed by atoms with Gasteiger partial charge in [-0.05, 0) is 62.7 Å². The molecule has 1 aromatic carbocycles. The van der Waals surface area contributed by atoms with Crippen LogP contribution in [-0.2, 0) is 6.42 Å². The Morgan fingerprint density at radius 1 is 1.22 bits per heavy atom. The number of hydrogen-bond acceptors (Lipinski definition) is 2. The molecule has 2 heterocycles. The summed E-state index contributed by atoms with van der Waals surface area (Å²) in [5.74, 6) is 0.896. The smallest absolute Gasteiger partial charge is 0.0398 e. The van der Waals surface area contributed by atoms with E-state index in [0.717, 1.165) is 5.92 Å². The van der Waals surface area contributed by atoms with E-state index in [0.29, 0.717) is 0 Å². The predicted molar refractivity (Wildman–Crippen MR) is 77.2 cm³/mol. The lowest BCUT2D eigenvalue weighted by molar-refractivity contribution is 0.358. The first-order valence-corrected chi connectivity index (χ1v) is 7.47. The summed E-state index contributed by atoms with van der Waals surface area (Å²) in [6.07, 6.45) is 6.71. The van der Waals surface area contributed by atoms with Crippen LogP contribution in [0.5, 0.6) is 0 Å². The van der Waals surface area contributed by atoms with Gasteiger partial charge in [0.1, 0.15) is 0 Å². The van der Waals surface area contributed by atoms with Crippen molar-refractivity contribution in [1.82, 2.24) is 5.32 Å². The van der Waals surface area contributed by atoms with E-state index < -0.39 is 0 Å². The van der Waals surface area contributed by atoms with E-state index >= 15 is 0 Å². The van der Waals surface area contributed by atoms with Gasteiger partial charge >= 0.3 is 0 Å². The number of aryl methyl sites for hydroxylation is 1. The Morgan fingerprint density at radius 3 is 3.06 bits per heavy atom. The van der Waals surface area contributed by atoms with Crippen molar-refractivity contribution in [1.29, 1.82) is 0 Å². The Labute approximate surface area is 110 Å². The zero-order valence-electron chi connectivity index (χ0n) is 11.2. The van der Waals surface area contributed by atoms with Gasteiger partial charge in [-0.3, -0.25) is 0 Å². The van der Waals surface area contributed by atoms with Gasteiger partial charge in [0, 0.05) is 18.8 Å². The summed E-state index contributed by atoms with van der Waals surface area (Å²) >= 11 is 0. The van der Waals surface area contributed by atoms with Crippen LogP contribution in [0.15, 0.2) is 24.3 Å². The van der Waals surface area contributed by atoms with Crippen LogP contribution in [-0.4, -0.2) is 26.2 Å². The number of nitrogens with one attached hydrogen (secondary N) is 1. The molecule has 0 aromatic heterocycles. The Kier molecular flexibility index (Phi) is 3.84. The molecule has 18 heavy (non-hydrogen) atoms. The molecule has 0 amide bonds. The second-order valence-electron chi connectivity index (χ2n) is 5.72. The standard InChI is InChI=1S/C16H24N2/c1-2-8-16-15(6-1)7-4-11-18(16)12-9-14-5-3-10-17-13-14/h1-2,6,8,14,17H,3-5,7,9-13H2/t14-/m0/s1. The molecule has 2 heteroatoms. The van der Waals surface area contributed by atoms with Crippen LogP contribution in [0.1, 0.15) is 31.2 Å². The largest absolute Gasteiger partial charge is 0.371 e. The molecule has 0 radical (unpaired) electrons. The number of anilines is 1. The summed E-state index contributed by atoms with van der Waals surface area (Å²) < 4.78 is 0. The summed E-state index contributed by atoms with van der Waals surface area (Å²) in [4.78, 5) is 2.60. The first-order valence-electron chi connectivity index (χ1n) is 7.47. The van der Waals surface area contributed by atoms with Crippen molar-refractivity contribution < 1.29 is 0 Å². The van der Waals surface area contributed by atoms with E-state index in [4.69, 9.17) is 0 Å². The van der Waals surface area contributed by atoms with Gasteiger partial charge in [0.15, 0.2) is 0 Å². The predicted octanol–water partition coefficient (Wildman–Crippen LogP) is 2.83. The molecular weight excluding hydrogens is 220 g/mol. The third-order valence-electron chi connectivity index (χ3n) is 4.41. The number of para-hydroxylation sites is 1. The number of hydrogen-bond donors (Lipinski definition) is 1. The fraction of sp³-hybridized carbons (Fsp3) is 0.625. The lowest BCUT2D eigenvalue weighted by Gasteiger charge is -2.33. The second kappa shape index (κ2) is 5.75. The molecule has 0 bridgehead atoms. The molecule has 2 aliphatic rings. The molecule has 1 aromatic rings. The first-order chi connectivity index (χ1) is 8.93. The number of fused-ring (bicyclic) bond motifs is 1. The van der Waals surface area contributed by atoms with Crippen molar-refractivity contribution in [2.75, 3.05) is 31.1 Å². The quantitative estimate of drug-likeness (QED) is 0.879. The molecule has 1 N–H and O–H groups in total. The number of nitrogens with zero attached hydrogens (tertiary/aromatic N) is 1. The van der Waals surface area contributed by atoms with Gasteiger partial charge in [-0.2, -0.15) is 0 Å². The van der Waals surface area contributed by atoms with Crippen molar-refractivity contribution >= 4 is 5.69 Å². The molecular formula is C16H24N2. The van der Waals surface area contributed by atoms with Gasteiger partial charge in [0.2, 0.25) is 0 Å². The molecule has 0 unspecified atom stereocenters. The monoisotopic (exact) mass is 244 g/mol. The van der Waals surface area contributed by atoms with Crippen LogP contribution in [0.25, 0.3) is 0 Å². The maximum absolute atomic E-state index is 3.52. The van der Waals surface area contributed by atoms with Gasteiger partial charge in [-0.1, -0.05) is 18.2 Å². The van der Waals surface area contributed by atoms with Crippen molar-refractivity contribution in [3.8, 4) is 0 Å². The summed E-state index contributed by atoms with van der Waals surface area (Å²) in [5, 5.41) is 3.52. The van der Waals surface area contributed by atoms with Crippen molar-refractivity contribution in [3.05, 3.63) is 29.8 Å². The van der Waals surface area contributed by atoms with Crippen LogP contribution < -0.4 is 10.2 Å². The molecule has 98 valence electrons. The maximum atomic E-state index is 3.52. The fourth-order valence-electron chi connectivity index (χ4n) is 3.35. The first kappa shape index (κ1) is 12.0. The highest BCUT2D eigenvalue weighted by Crippen LogP contribution is 2.27. The normalized spacial score (nSPS) is 23.8. The Balaban J connectivity index is 1.60. The summed E-state index contributed by atoms with van der Waals surface area (Å²) in [7, 11) is 0. The number of piperidine rings is 1. The average Bonchev–Trinajstić information content (AvgIpc) is 2.46. The molecule has 1 fully saturated rings. The molecule has 0 saturated carbocycles. The van der Waals surface area contributed by atoms with Crippen LogP contribution in [0.3, 0.4) is 0 Å². The highest BCUT2D eigenvalue weighted by Gasteiger charge is 2.18. The molecule has 3 rings (SSSR count). The van der Waals surface area contributed by atoms with Crippen molar-refractivity contribution in [2.24, 2.45) is 5.92 Å². The lowest BCUT2D eigenvalue weighted by atomic mass is 9.95. The molecule has 1 saturated heterocycles. The van der Waals surface area contributed by atoms with Crippen LogP contribution in [0.2, 0.25) is 0 Å². The lowest BCUT2D eigenvalue weighted by Crippen LogP contribution is -2.35. The topological polar surface area (TPSA) is 15.3 Å². The summed E-state index contributed by atoms with van der Waals surface area (Å²) in [6, 6.07) is 8.95.